The van der Waals surface area contributed by atoms with E-state index in [-0.39, 0.29) is 0 Å². The van der Waals surface area contributed by atoms with Crippen LogP contribution in [0.25, 0.3) is 0 Å². The summed E-state index contributed by atoms with van der Waals surface area (Å²) in [5.74, 6) is 0. The van der Waals surface area contributed by atoms with Crippen molar-refractivity contribution < 1.29 is 4.79 Å². The first kappa shape index (κ1) is 12.4. The average Bonchev–Trinajstić information content (AvgIpc) is 2.40. The molecule has 0 bridgehead atoms. The molecule has 2 aromatic carbocycles. The summed E-state index contributed by atoms with van der Waals surface area (Å²) < 4.78 is 1.63. The van der Waals surface area contributed by atoms with Crippen molar-refractivity contribution in [3.63, 3.8) is 0 Å². The molecule has 0 aromatic heterocycles. The van der Waals surface area contributed by atoms with Gasteiger partial charge in [-0.15, -0.1) is 0 Å². The van der Waals surface area contributed by atoms with Crippen molar-refractivity contribution in [2.75, 3.05) is 0 Å². The third-order valence-corrected chi connectivity index (χ3v) is 12.2. The predicted molar refractivity (Wildman–Crippen MR) is 74.3 cm³/mol. The SMILES string of the molecule is [CH3][Sn]([CH3])([C](=O)c1ccccc1)[c]1ccccc1. The number of benzene rings is 2. The van der Waals surface area contributed by atoms with Crippen LogP contribution < -0.4 is 3.58 Å². The molecule has 0 aliphatic rings. The van der Waals surface area contributed by atoms with Gasteiger partial charge in [0.05, 0.1) is 0 Å². The molecule has 0 saturated carbocycles. The van der Waals surface area contributed by atoms with E-state index < -0.39 is 18.4 Å². The molecular formula is C15H16OSn. The summed E-state index contributed by atoms with van der Waals surface area (Å²) in [5, 5.41) is 0. The fourth-order valence-corrected chi connectivity index (χ4v) is 8.15. The van der Waals surface area contributed by atoms with Gasteiger partial charge in [-0.05, 0) is 0 Å². The normalized spacial score (nSPS) is 11.2. The topological polar surface area (TPSA) is 17.1 Å². The number of rotatable bonds is 3. The van der Waals surface area contributed by atoms with Crippen LogP contribution >= 0.6 is 0 Å². The molecule has 2 aromatic rings. The number of hydrogen-bond donors (Lipinski definition) is 0. The van der Waals surface area contributed by atoms with Crippen molar-refractivity contribution in [1.82, 2.24) is 0 Å². The molecule has 0 radical (unpaired) electrons. The molecule has 0 aliphatic heterocycles. The molecule has 17 heavy (non-hydrogen) atoms. The number of carbonyl (C=O) groups is 1. The second-order valence-electron chi connectivity index (χ2n) is 4.69. The molecule has 86 valence electrons. The van der Waals surface area contributed by atoms with Crippen LogP contribution in [0.3, 0.4) is 0 Å². The van der Waals surface area contributed by atoms with E-state index in [0.717, 1.165) is 5.56 Å². The van der Waals surface area contributed by atoms with Crippen molar-refractivity contribution in [2.24, 2.45) is 0 Å². The van der Waals surface area contributed by atoms with Gasteiger partial charge >= 0.3 is 107 Å². The first-order chi connectivity index (χ1) is 8.12. The van der Waals surface area contributed by atoms with Crippen LogP contribution in [0, 0.1) is 0 Å². The van der Waals surface area contributed by atoms with E-state index in [2.05, 4.69) is 22.0 Å². The third-order valence-electron chi connectivity index (χ3n) is 3.10. The quantitative estimate of drug-likeness (QED) is 0.791. The minimum absolute atomic E-state index is 0.367. The van der Waals surface area contributed by atoms with E-state index >= 15 is 0 Å². The minimum atomic E-state index is -2.87. The van der Waals surface area contributed by atoms with E-state index in [1.165, 1.54) is 3.58 Å². The zero-order valence-electron chi connectivity index (χ0n) is 10.2. The van der Waals surface area contributed by atoms with Crippen molar-refractivity contribution in [3.05, 3.63) is 66.2 Å². The Morgan fingerprint density at radius 3 is 1.82 bits per heavy atom. The maximum absolute atomic E-state index is 12.6. The maximum atomic E-state index is 12.6. The molecule has 0 aliphatic carbocycles. The molecule has 0 fully saturated rings. The van der Waals surface area contributed by atoms with E-state index in [1.54, 1.807) is 0 Å². The molecular weight excluding hydrogens is 315 g/mol. The number of hydrogen-bond acceptors (Lipinski definition) is 1. The van der Waals surface area contributed by atoms with Crippen molar-refractivity contribution in [3.8, 4) is 0 Å². The zero-order chi connectivity index (χ0) is 12.3. The Balaban J connectivity index is 2.37. The van der Waals surface area contributed by atoms with Gasteiger partial charge in [-0.1, -0.05) is 0 Å². The molecule has 2 heteroatoms. The zero-order valence-corrected chi connectivity index (χ0v) is 13.0. The Kier molecular flexibility index (Phi) is 3.67. The monoisotopic (exact) mass is 332 g/mol. The van der Waals surface area contributed by atoms with Crippen LogP contribution in [-0.2, 0) is 0 Å². The fraction of sp³-hybridized carbons (Fsp3) is 0.133. The van der Waals surface area contributed by atoms with Crippen LogP contribution in [0.15, 0.2) is 60.7 Å². The van der Waals surface area contributed by atoms with Gasteiger partial charge in [0.1, 0.15) is 0 Å². The third kappa shape index (κ3) is 2.60. The summed E-state index contributed by atoms with van der Waals surface area (Å²) in [6.45, 7) is 0. The molecule has 0 amide bonds. The second-order valence-corrected chi connectivity index (χ2v) is 16.9. The van der Waals surface area contributed by atoms with Crippen LogP contribution in [-0.4, -0.2) is 22.2 Å². The molecule has 2 rings (SSSR count). The molecule has 0 atom stereocenters. The van der Waals surface area contributed by atoms with Gasteiger partial charge in [-0.25, -0.2) is 0 Å². The molecule has 0 spiro atoms. The van der Waals surface area contributed by atoms with Gasteiger partial charge in [-0.2, -0.15) is 0 Å². The summed E-state index contributed by atoms with van der Waals surface area (Å²) in [6.07, 6.45) is 0. The summed E-state index contributed by atoms with van der Waals surface area (Å²) in [5.41, 5.74) is 0.858. The van der Waals surface area contributed by atoms with Gasteiger partial charge in [0.2, 0.25) is 0 Å². The van der Waals surface area contributed by atoms with Crippen molar-refractivity contribution in [2.45, 2.75) is 9.88 Å². The van der Waals surface area contributed by atoms with E-state index in [9.17, 15) is 4.79 Å². The Morgan fingerprint density at radius 1 is 0.824 bits per heavy atom. The second kappa shape index (κ2) is 5.05. The fourth-order valence-electron chi connectivity index (χ4n) is 1.94. The number of carbonyl (C=O) groups excluding carboxylic acids is 1. The predicted octanol–water partition coefficient (Wildman–Crippen LogP) is 3.02. The summed E-state index contributed by atoms with van der Waals surface area (Å²) in [4.78, 5) is 16.9. The Morgan fingerprint density at radius 2 is 1.29 bits per heavy atom. The summed E-state index contributed by atoms with van der Waals surface area (Å²) >= 11 is -2.87. The first-order valence-corrected chi connectivity index (χ1v) is 14.3. The van der Waals surface area contributed by atoms with E-state index in [0.29, 0.717) is 3.80 Å². The van der Waals surface area contributed by atoms with Crippen LogP contribution in [0.5, 0.6) is 0 Å². The van der Waals surface area contributed by atoms with Crippen molar-refractivity contribution >= 4 is 25.8 Å². The molecule has 0 unspecified atom stereocenters. The standard InChI is InChI=1S/C7H5O.C6H5.2CH3.Sn/c8-6-7-4-2-1-3-5-7;1-2-4-6-5-3-1;;;/h1-5H;1-5H;2*1H3;. The van der Waals surface area contributed by atoms with Crippen molar-refractivity contribution in [1.29, 1.82) is 0 Å². The van der Waals surface area contributed by atoms with Gasteiger partial charge < -0.3 is 0 Å². The molecule has 0 heterocycles. The Labute approximate surface area is 106 Å². The van der Waals surface area contributed by atoms with E-state index in [4.69, 9.17) is 0 Å². The summed E-state index contributed by atoms with van der Waals surface area (Å²) in [7, 11) is 0. The van der Waals surface area contributed by atoms with Gasteiger partial charge in [-0.3, -0.25) is 0 Å². The Hall–Kier alpha value is -1.09. The van der Waals surface area contributed by atoms with Crippen LogP contribution in [0.1, 0.15) is 10.4 Å². The first-order valence-electron chi connectivity index (χ1n) is 5.78. The molecule has 0 N–H and O–H groups in total. The van der Waals surface area contributed by atoms with E-state index in [1.807, 2.05) is 48.5 Å². The van der Waals surface area contributed by atoms with Gasteiger partial charge in [0, 0.05) is 0 Å². The van der Waals surface area contributed by atoms with Crippen LogP contribution in [0.2, 0.25) is 9.88 Å². The molecule has 1 nitrogen and oxygen atoms in total. The average molecular weight is 331 g/mol. The van der Waals surface area contributed by atoms with Gasteiger partial charge in [0.15, 0.2) is 0 Å². The summed E-state index contributed by atoms with van der Waals surface area (Å²) in [6, 6.07) is 19.9. The molecule has 0 saturated heterocycles. The van der Waals surface area contributed by atoms with Crippen LogP contribution in [0.4, 0.5) is 0 Å². The Bertz CT molecular complexity index is 503. The van der Waals surface area contributed by atoms with Gasteiger partial charge in [0.25, 0.3) is 0 Å².